The summed E-state index contributed by atoms with van der Waals surface area (Å²) in [6.45, 7) is 0. The van der Waals surface area contributed by atoms with Crippen LogP contribution in [-0.2, 0) is 0 Å². The molecule has 0 aliphatic carbocycles. The van der Waals surface area contributed by atoms with Crippen molar-refractivity contribution in [1.29, 1.82) is 0 Å². The average Bonchev–Trinajstić information content (AvgIpc) is 4.07. The van der Waals surface area contributed by atoms with Crippen molar-refractivity contribution in [3.05, 3.63) is 188 Å². The van der Waals surface area contributed by atoms with E-state index in [9.17, 15) is 0 Å². The van der Waals surface area contributed by atoms with Gasteiger partial charge >= 0.3 is 0 Å². The minimum Gasteiger partial charge on any atom is -0.308 e. The lowest BCUT2D eigenvalue weighted by Gasteiger charge is -2.15. The van der Waals surface area contributed by atoms with E-state index in [1.54, 1.807) is 0 Å². The topological polar surface area (TPSA) is 48.0 Å². The van der Waals surface area contributed by atoms with Gasteiger partial charge in [0, 0.05) is 74.6 Å². The molecule has 0 fully saturated rings. The molecule has 14 aromatic rings. The molecule has 0 radical (unpaired) electrons. The smallest absolute Gasteiger partial charge is 0.164 e. The molecule has 5 aromatic heterocycles. The van der Waals surface area contributed by atoms with Gasteiger partial charge in [0.05, 0.1) is 33.3 Å². The van der Waals surface area contributed by atoms with E-state index in [4.69, 9.17) is 15.0 Å². The zero-order chi connectivity index (χ0) is 39.8. The Balaban J connectivity index is 1.16. The summed E-state index contributed by atoms with van der Waals surface area (Å²) in [5, 5.41) is 12.4. The highest BCUT2D eigenvalue weighted by Gasteiger charge is 2.24. The SMILES string of the molecule is c1ccc(-c2nc(-c3ccccc3)nc(-c3cc(-n4c5cc6c(cc5c5ccc7ccccc7c54)c4cccc5c7ccccc7n6c54)c4c(c3)sc3ccccc34)n2)cc1. The Morgan fingerprint density at radius 1 is 0.344 bits per heavy atom. The molecule has 0 amide bonds. The maximum atomic E-state index is 5.24. The van der Waals surface area contributed by atoms with Crippen molar-refractivity contribution in [2.24, 2.45) is 0 Å². The minimum atomic E-state index is 0.636. The molecular weight excluding hydrogens is 763 g/mol. The number of hydrogen-bond acceptors (Lipinski definition) is 4. The lowest BCUT2D eigenvalue weighted by Crippen LogP contribution is -2.01. The Hall–Kier alpha value is -7.93. The molecule has 0 unspecified atom stereocenters. The van der Waals surface area contributed by atoms with Crippen LogP contribution in [0.4, 0.5) is 0 Å². The maximum Gasteiger partial charge on any atom is 0.164 e. The molecule has 0 saturated carbocycles. The summed E-state index contributed by atoms with van der Waals surface area (Å²) < 4.78 is 7.45. The van der Waals surface area contributed by atoms with Gasteiger partial charge in [-0.25, -0.2) is 15.0 Å². The number of benzene rings is 9. The van der Waals surface area contributed by atoms with Gasteiger partial charge in [0.25, 0.3) is 0 Å². The molecule has 0 spiro atoms. The first-order valence-electron chi connectivity index (χ1n) is 20.6. The molecule has 14 rings (SSSR count). The van der Waals surface area contributed by atoms with Crippen molar-refractivity contribution >= 4 is 102 Å². The van der Waals surface area contributed by atoms with Gasteiger partial charge in [-0.15, -0.1) is 11.3 Å². The molecule has 0 N–H and O–H groups in total. The number of fused-ring (bicyclic) bond motifs is 14. The third-order valence-corrected chi connectivity index (χ3v) is 13.8. The van der Waals surface area contributed by atoms with E-state index in [-0.39, 0.29) is 0 Å². The summed E-state index contributed by atoms with van der Waals surface area (Å²) in [6, 6.07) is 67.7. The highest BCUT2D eigenvalue weighted by Crippen LogP contribution is 2.47. The van der Waals surface area contributed by atoms with Crippen LogP contribution in [-0.4, -0.2) is 23.9 Å². The number of hydrogen-bond donors (Lipinski definition) is 0. The van der Waals surface area contributed by atoms with Crippen LogP contribution in [0.15, 0.2) is 188 Å². The molecular formula is C55H31N5S. The molecule has 0 atom stereocenters. The highest BCUT2D eigenvalue weighted by atomic mass is 32.1. The molecule has 0 aliphatic rings. The lowest BCUT2D eigenvalue weighted by molar-refractivity contribution is 1.07. The van der Waals surface area contributed by atoms with Gasteiger partial charge < -0.3 is 8.97 Å². The van der Waals surface area contributed by atoms with Crippen molar-refractivity contribution in [1.82, 2.24) is 23.9 Å². The summed E-state index contributed by atoms with van der Waals surface area (Å²) in [5.41, 5.74) is 9.98. The standard InChI is InChI=1S/C55H31N5S/c1-3-15-33(16-4-1)53-56-54(34-17-5-2-6-18-34)58-55(57-53)35-28-47(50-41-21-10-12-25-48(41)61-49(50)29-35)60-46-31-45-42(30-43(46)40-27-26-32-14-7-8-19-36(32)51(40)60)39-23-13-22-38-37-20-9-11-24-44(37)59(45)52(38)39/h1-31H. The third kappa shape index (κ3) is 4.62. The average molecular weight is 794 g/mol. The van der Waals surface area contributed by atoms with E-state index < -0.39 is 0 Å². The zero-order valence-electron chi connectivity index (χ0n) is 32.5. The summed E-state index contributed by atoms with van der Waals surface area (Å²) in [5.74, 6) is 1.92. The molecule has 5 nitrogen and oxygen atoms in total. The van der Waals surface area contributed by atoms with Crippen molar-refractivity contribution in [3.8, 4) is 39.9 Å². The second-order valence-corrected chi connectivity index (χ2v) is 17.0. The van der Waals surface area contributed by atoms with Crippen LogP contribution in [0.2, 0.25) is 0 Å². The van der Waals surface area contributed by atoms with Gasteiger partial charge in [-0.2, -0.15) is 0 Å². The Kier molecular flexibility index (Phi) is 6.65. The summed E-state index contributed by atoms with van der Waals surface area (Å²) >= 11 is 1.82. The highest BCUT2D eigenvalue weighted by molar-refractivity contribution is 7.26. The zero-order valence-corrected chi connectivity index (χ0v) is 33.4. The Labute approximate surface area is 352 Å². The molecule has 61 heavy (non-hydrogen) atoms. The fraction of sp³-hybridized carbons (Fsp3) is 0. The summed E-state index contributed by atoms with van der Waals surface area (Å²) in [6.07, 6.45) is 0. The van der Waals surface area contributed by atoms with E-state index in [1.807, 2.05) is 47.7 Å². The predicted molar refractivity (Wildman–Crippen MR) is 256 cm³/mol. The number of para-hydroxylation sites is 2. The Bertz CT molecular complexity index is 4050. The first-order chi connectivity index (χ1) is 30.2. The molecule has 5 heterocycles. The Morgan fingerprint density at radius 3 is 1.70 bits per heavy atom. The van der Waals surface area contributed by atoms with Crippen molar-refractivity contribution < 1.29 is 0 Å². The second kappa shape index (κ2) is 12.3. The van der Waals surface area contributed by atoms with Gasteiger partial charge in [-0.05, 0) is 41.8 Å². The van der Waals surface area contributed by atoms with Crippen LogP contribution >= 0.6 is 11.3 Å². The summed E-state index contributed by atoms with van der Waals surface area (Å²) in [4.78, 5) is 15.5. The first-order valence-corrected chi connectivity index (χ1v) is 21.4. The number of aromatic nitrogens is 5. The second-order valence-electron chi connectivity index (χ2n) is 16.0. The van der Waals surface area contributed by atoms with Crippen LogP contribution in [0.1, 0.15) is 0 Å². The lowest BCUT2D eigenvalue weighted by atomic mass is 10.0. The van der Waals surface area contributed by atoms with Crippen LogP contribution < -0.4 is 0 Å². The van der Waals surface area contributed by atoms with Crippen molar-refractivity contribution in [2.45, 2.75) is 0 Å². The minimum absolute atomic E-state index is 0.636. The molecule has 0 bridgehead atoms. The quantitative estimate of drug-likeness (QED) is 0.178. The van der Waals surface area contributed by atoms with Gasteiger partial charge in [0.15, 0.2) is 17.5 Å². The molecule has 6 heteroatoms. The van der Waals surface area contributed by atoms with Gasteiger partial charge in [0.2, 0.25) is 0 Å². The normalized spacial score (nSPS) is 12.3. The van der Waals surface area contributed by atoms with E-state index in [0.29, 0.717) is 17.5 Å². The molecule has 0 aliphatic heterocycles. The van der Waals surface area contributed by atoms with Crippen molar-refractivity contribution in [3.63, 3.8) is 0 Å². The van der Waals surface area contributed by atoms with Crippen LogP contribution in [0.5, 0.6) is 0 Å². The fourth-order valence-corrected chi connectivity index (χ4v) is 11.2. The monoisotopic (exact) mass is 793 g/mol. The molecule has 282 valence electrons. The fourth-order valence-electron chi connectivity index (χ4n) is 10.0. The van der Waals surface area contributed by atoms with Gasteiger partial charge in [0.1, 0.15) is 0 Å². The van der Waals surface area contributed by atoms with E-state index in [1.165, 1.54) is 85.3 Å². The maximum absolute atomic E-state index is 5.24. The Morgan fingerprint density at radius 2 is 0.934 bits per heavy atom. The van der Waals surface area contributed by atoms with E-state index in [0.717, 1.165) is 27.9 Å². The van der Waals surface area contributed by atoms with Crippen LogP contribution in [0, 0.1) is 0 Å². The number of thiophene rings is 1. The van der Waals surface area contributed by atoms with Gasteiger partial charge in [-0.3, -0.25) is 0 Å². The first kappa shape index (κ1) is 33.0. The molecule has 9 aromatic carbocycles. The van der Waals surface area contributed by atoms with Crippen LogP contribution in [0.25, 0.3) is 131 Å². The van der Waals surface area contributed by atoms with Gasteiger partial charge in [-0.1, -0.05) is 152 Å². The summed E-state index contributed by atoms with van der Waals surface area (Å²) in [7, 11) is 0. The number of nitrogens with zero attached hydrogens (tertiary/aromatic N) is 5. The van der Waals surface area contributed by atoms with Crippen LogP contribution in [0.3, 0.4) is 0 Å². The van der Waals surface area contributed by atoms with E-state index >= 15 is 0 Å². The number of rotatable bonds is 4. The van der Waals surface area contributed by atoms with Crippen molar-refractivity contribution in [2.75, 3.05) is 0 Å². The largest absolute Gasteiger partial charge is 0.308 e. The predicted octanol–water partition coefficient (Wildman–Crippen LogP) is 14.6. The van der Waals surface area contributed by atoms with E-state index in [2.05, 4.69) is 161 Å². The third-order valence-electron chi connectivity index (χ3n) is 12.7. The molecule has 0 saturated heterocycles.